The Hall–Kier alpha value is -2.37. The van der Waals surface area contributed by atoms with Crippen molar-refractivity contribution in [2.24, 2.45) is 0 Å². The summed E-state index contributed by atoms with van der Waals surface area (Å²) in [4.78, 5) is 26.6. The molecule has 2 aromatic rings. The van der Waals surface area contributed by atoms with Crippen molar-refractivity contribution in [2.75, 3.05) is 18.5 Å². The number of halogens is 1. The van der Waals surface area contributed by atoms with Crippen LogP contribution in [0.15, 0.2) is 48.5 Å². The lowest BCUT2D eigenvalue weighted by atomic mass is 10.1. The largest absolute Gasteiger partial charge is 0.463 e. The number of ether oxygens (including phenoxy) is 1. The number of carbonyl (C=O) groups is 2. The van der Waals surface area contributed by atoms with Gasteiger partial charge in [0.05, 0.1) is 6.42 Å². The van der Waals surface area contributed by atoms with Gasteiger partial charge in [0.25, 0.3) is 0 Å². The highest BCUT2D eigenvalue weighted by atomic mass is 35.5. The first kappa shape index (κ1) is 18.4. The maximum atomic E-state index is 12.4. The second kappa shape index (κ2) is 8.34. The molecule has 1 fully saturated rings. The van der Waals surface area contributed by atoms with E-state index in [0.717, 1.165) is 11.1 Å². The molecule has 1 heterocycles. The quantitative estimate of drug-likeness (QED) is 0.817. The van der Waals surface area contributed by atoms with E-state index in [2.05, 4.69) is 5.32 Å². The summed E-state index contributed by atoms with van der Waals surface area (Å²) in [5.74, 6) is -0.601. The number of anilines is 1. The van der Waals surface area contributed by atoms with Gasteiger partial charge < -0.3 is 10.1 Å². The number of nitrogens with one attached hydrogen (secondary N) is 1. The molecule has 1 saturated heterocycles. The van der Waals surface area contributed by atoms with Crippen LogP contribution in [0.5, 0.6) is 0 Å². The van der Waals surface area contributed by atoms with Crippen LogP contribution in [0.1, 0.15) is 17.5 Å². The van der Waals surface area contributed by atoms with Crippen molar-refractivity contribution >= 4 is 29.2 Å². The minimum absolute atomic E-state index is 0.0389. The van der Waals surface area contributed by atoms with E-state index in [1.54, 1.807) is 12.1 Å². The van der Waals surface area contributed by atoms with Crippen molar-refractivity contribution in [3.8, 4) is 0 Å². The van der Waals surface area contributed by atoms with Gasteiger partial charge in [0.15, 0.2) is 0 Å². The number of nitrogens with zero attached hydrogens (tertiary/aromatic N) is 1. The summed E-state index contributed by atoms with van der Waals surface area (Å²) in [6, 6.07) is 14.6. The highest BCUT2D eigenvalue weighted by molar-refractivity contribution is 6.31. The van der Waals surface area contributed by atoms with Gasteiger partial charge in [-0.15, -0.1) is 0 Å². The molecule has 5 nitrogen and oxygen atoms in total. The van der Waals surface area contributed by atoms with E-state index in [0.29, 0.717) is 30.4 Å². The fraction of sp³-hybridized carbons (Fsp3) is 0.300. The number of hydrogen-bond donors (Lipinski definition) is 1. The molecule has 1 aliphatic rings. The summed E-state index contributed by atoms with van der Waals surface area (Å²) < 4.78 is 5.16. The van der Waals surface area contributed by atoms with Gasteiger partial charge in [-0.05, 0) is 30.2 Å². The van der Waals surface area contributed by atoms with Crippen molar-refractivity contribution in [3.63, 3.8) is 0 Å². The van der Waals surface area contributed by atoms with Gasteiger partial charge in [0, 0.05) is 23.8 Å². The SMILES string of the molecule is Cc1ccc(NC(=O)C[C@@H]2C(=O)OCCN2Cc2ccccc2)cc1Cl. The van der Waals surface area contributed by atoms with E-state index < -0.39 is 6.04 Å². The average molecular weight is 373 g/mol. The van der Waals surface area contributed by atoms with Gasteiger partial charge in [0.1, 0.15) is 12.6 Å². The van der Waals surface area contributed by atoms with Gasteiger partial charge >= 0.3 is 5.97 Å². The van der Waals surface area contributed by atoms with E-state index in [4.69, 9.17) is 16.3 Å². The molecule has 0 bridgehead atoms. The lowest BCUT2D eigenvalue weighted by molar-refractivity contribution is -0.159. The number of benzene rings is 2. The maximum absolute atomic E-state index is 12.4. The molecular formula is C20H21ClN2O3. The smallest absolute Gasteiger partial charge is 0.323 e. The van der Waals surface area contributed by atoms with Crippen molar-refractivity contribution in [2.45, 2.75) is 25.9 Å². The van der Waals surface area contributed by atoms with Crippen molar-refractivity contribution in [3.05, 3.63) is 64.7 Å². The standard InChI is InChI=1S/C20H21ClN2O3/c1-14-7-8-16(11-17(14)21)22-19(24)12-18-20(25)26-10-9-23(18)13-15-5-3-2-4-6-15/h2-8,11,18H,9-10,12-13H2,1H3,(H,22,24)/t18-/m1/s1. The van der Waals surface area contributed by atoms with E-state index in [1.807, 2.05) is 48.2 Å². The molecule has 3 rings (SSSR count). The van der Waals surface area contributed by atoms with Crippen LogP contribution >= 0.6 is 11.6 Å². The van der Waals surface area contributed by atoms with Crippen LogP contribution in [0.2, 0.25) is 5.02 Å². The number of carbonyl (C=O) groups excluding carboxylic acids is 2. The fourth-order valence-corrected chi connectivity index (χ4v) is 3.12. The Morgan fingerprint density at radius 2 is 2.04 bits per heavy atom. The summed E-state index contributed by atoms with van der Waals surface area (Å²) in [6.07, 6.45) is 0.0389. The van der Waals surface area contributed by atoms with E-state index in [-0.39, 0.29) is 18.3 Å². The predicted molar refractivity (Wildman–Crippen MR) is 101 cm³/mol. The molecule has 0 aliphatic carbocycles. The molecule has 26 heavy (non-hydrogen) atoms. The van der Waals surface area contributed by atoms with Crippen LogP contribution in [0, 0.1) is 6.92 Å². The van der Waals surface area contributed by atoms with E-state index >= 15 is 0 Å². The molecular weight excluding hydrogens is 352 g/mol. The molecule has 0 spiro atoms. The zero-order valence-corrected chi connectivity index (χ0v) is 15.3. The number of rotatable bonds is 5. The molecule has 1 atom stereocenters. The average Bonchev–Trinajstić information content (AvgIpc) is 2.62. The third kappa shape index (κ3) is 4.62. The summed E-state index contributed by atoms with van der Waals surface area (Å²) in [5.41, 5.74) is 2.65. The normalized spacial score (nSPS) is 17.6. The molecule has 0 unspecified atom stereocenters. The van der Waals surface area contributed by atoms with Crippen molar-refractivity contribution in [1.29, 1.82) is 0 Å². The molecule has 6 heteroatoms. The van der Waals surface area contributed by atoms with Gasteiger partial charge in [-0.3, -0.25) is 14.5 Å². The van der Waals surface area contributed by atoms with Crippen LogP contribution in [-0.4, -0.2) is 36.0 Å². The van der Waals surface area contributed by atoms with Gasteiger partial charge in [-0.2, -0.15) is 0 Å². The van der Waals surface area contributed by atoms with Gasteiger partial charge in [0.2, 0.25) is 5.91 Å². The first-order chi connectivity index (χ1) is 12.5. The van der Waals surface area contributed by atoms with Crippen LogP contribution in [0.4, 0.5) is 5.69 Å². The molecule has 1 amide bonds. The molecule has 0 radical (unpaired) electrons. The molecule has 0 aromatic heterocycles. The molecule has 1 N–H and O–H groups in total. The first-order valence-electron chi connectivity index (χ1n) is 8.53. The Morgan fingerprint density at radius 1 is 1.27 bits per heavy atom. The zero-order chi connectivity index (χ0) is 18.5. The Kier molecular flexibility index (Phi) is 5.91. The lowest BCUT2D eigenvalue weighted by Gasteiger charge is -2.33. The number of aryl methyl sites for hydroxylation is 1. The van der Waals surface area contributed by atoms with Crippen LogP contribution in [0.3, 0.4) is 0 Å². The Bertz CT molecular complexity index is 795. The molecule has 136 valence electrons. The zero-order valence-electron chi connectivity index (χ0n) is 14.6. The van der Waals surface area contributed by atoms with Crippen molar-refractivity contribution < 1.29 is 14.3 Å². The third-order valence-electron chi connectivity index (χ3n) is 4.40. The molecule has 2 aromatic carbocycles. The highest BCUT2D eigenvalue weighted by Crippen LogP contribution is 2.21. The maximum Gasteiger partial charge on any atom is 0.323 e. The number of esters is 1. The number of morpholine rings is 1. The second-order valence-corrected chi connectivity index (χ2v) is 6.76. The number of cyclic esters (lactones) is 1. The highest BCUT2D eigenvalue weighted by Gasteiger charge is 2.33. The van der Waals surface area contributed by atoms with Crippen LogP contribution < -0.4 is 5.32 Å². The minimum atomic E-state index is -0.593. The first-order valence-corrected chi connectivity index (χ1v) is 8.91. The van der Waals surface area contributed by atoms with Gasteiger partial charge in [-0.1, -0.05) is 48.0 Å². The summed E-state index contributed by atoms with van der Waals surface area (Å²) >= 11 is 6.09. The number of hydrogen-bond acceptors (Lipinski definition) is 4. The Morgan fingerprint density at radius 3 is 2.77 bits per heavy atom. The van der Waals surface area contributed by atoms with Gasteiger partial charge in [-0.25, -0.2) is 0 Å². The Balaban J connectivity index is 1.66. The summed E-state index contributed by atoms with van der Waals surface area (Å²) in [7, 11) is 0. The van der Waals surface area contributed by atoms with Crippen LogP contribution in [0.25, 0.3) is 0 Å². The fourth-order valence-electron chi connectivity index (χ4n) is 2.94. The number of amides is 1. The topological polar surface area (TPSA) is 58.6 Å². The molecule has 0 saturated carbocycles. The summed E-state index contributed by atoms with van der Waals surface area (Å²) in [6.45, 7) is 3.45. The predicted octanol–water partition coefficient (Wildman–Crippen LogP) is 3.40. The second-order valence-electron chi connectivity index (χ2n) is 6.36. The third-order valence-corrected chi connectivity index (χ3v) is 4.81. The summed E-state index contributed by atoms with van der Waals surface area (Å²) in [5, 5.41) is 3.39. The minimum Gasteiger partial charge on any atom is -0.463 e. The molecule has 1 aliphatic heterocycles. The van der Waals surface area contributed by atoms with Crippen molar-refractivity contribution in [1.82, 2.24) is 4.90 Å². The van der Waals surface area contributed by atoms with Crippen LogP contribution in [-0.2, 0) is 20.9 Å². The lowest BCUT2D eigenvalue weighted by Crippen LogP contribution is -2.49. The Labute approximate surface area is 157 Å². The van der Waals surface area contributed by atoms with E-state index in [1.165, 1.54) is 0 Å². The van der Waals surface area contributed by atoms with E-state index in [9.17, 15) is 9.59 Å². The monoisotopic (exact) mass is 372 g/mol.